The predicted octanol–water partition coefficient (Wildman–Crippen LogP) is 3.52. The van der Waals surface area contributed by atoms with Crippen LogP contribution >= 0.6 is 11.6 Å². The van der Waals surface area contributed by atoms with E-state index in [1.54, 1.807) is 0 Å². The van der Waals surface area contributed by atoms with E-state index in [9.17, 15) is 32.7 Å². The number of aliphatic hydroxyl groups is 1. The first-order valence-corrected chi connectivity index (χ1v) is 11.6. The summed E-state index contributed by atoms with van der Waals surface area (Å²) in [6, 6.07) is 2.44. The number of hydrogen-bond donors (Lipinski definition) is 4. The molecule has 1 aliphatic carbocycles. The number of rotatable bonds is 7. The van der Waals surface area contributed by atoms with Gasteiger partial charge < -0.3 is 26.0 Å². The largest absolute Gasteiger partial charge is 0.416 e. The Morgan fingerprint density at radius 3 is 2.39 bits per heavy atom. The molecule has 0 bridgehead atoms. The number of benzene rings is 1. The van der Waals surface area contributed by atoms with Crippen LogP contribution in [0.1, 0.15) is 72.1 Å². The van der Waals surface area contributed by atoms with Crippen molar-refractivity contribution < 1.29 is 32.7 Å². The molecule has 0 aliphatic heterocycles. The van der Waals surface area contributed by atoms with Crippen molar-refractivity contribution in [2.24, 2.45) is 11.7 Å². The molecule has 0 atom stereocenters. The fourth-order valence-electron chi connectivity index (χ4n) is 4.08. The second kappa shape index (κ2) is 10.5. The lowest BCUT2D eigenvalue weighted by Gasteiger charge is -2.29. The number of amides is 3. The van der Waals surface area contributed by atoms with E-state index in [-0.39, 0.29) is 34.7 Å². The Hall–Kier alpha value is -3.12. The SMILES string of the molecule is CC(C)(O)CNC(=O)c1ncn([C@H]2CC[C@H](C(=O)Nc3cc(C(F)(F)F)ccc3Cl)CC2)c1C(N)=O. The summed E-state index contributed by atoms with van der Waals surface area (Å²) in [6.07, 6.45) is -1.60. The molecule has 0 saturated heterocycles. The number of hydrogen-bond acceptors (Lipinski definition) is 5. The number of aromatic nitrogens is 2. The number of carbonyl (C=O) groups is 3. The normalized spacial score (nSPS) is 18.5. The summed E-state index contributed by atoms with van der Waals surface area (Å²) >= 11 is 5.97. The molecule has 1 heterocycles. The van der Waals surface area contributed by atoms with Gasteiger partial charge in [-0.25, -0.2) is 4.98 Å². The highest BCUT2D eigenvalue weighted by molar-refractivity contribution is 6.33. The third kappa shape index (κ3) is 6.55. The smallest absolute Gasteiger partial charge is 0.389 e. The van der Waals surface area contributed by atoms with E-state index in [1.807, 2.05) is 0 Å². The first-order valence-electron chi connectivity index (χ1n) is 11.2. The second-order valence-electron chi connectivity index (χ2n) is 9.40. The molecule has 5 N–H and O–H groups in total. The van der Waals surface area contributed by atoms with Crippen molar-refractivity contribution in [1.29, 1.82) is 0 Å². The van der Waals surface area contributed by atoms with Gasteiger partial charge in [0, 0.05) is 18.5 Å². The summed E-state index contributed by atoms with van der Waals surface area (Å²) in [5.41, 5.74) is 3.07. The van der Waals surface area contributed by atoms with Crippen LogP contribution in [0.3, 0.4) is 0 Å². The van der Waals surface area contributed by atoms with Crippen LogP contribution in [-0.4, -0.2) is 44.5 Å². The second-order valence-corrected chi connectivity index (χ2v) is 9.80. The third-order valence-electron chi connectivity index (χ3n) is 5.94. The number of carbonyl (C=O) groups excluding carboxylic acids is 3. The van der Waals surface area contributed by atoms with Crippen molar-refractivity contribution in [2.45, 2.75) is 57.3 Å². The van der Waals surface area contributed by atoms with Crippen LogP contribution < -0.4 is 16.4 Å². The van der Waals surface area contributed by atoms with Gasteiger partial charge in [0.25, 0.3) is 11.8 Å². The van der Waals surface area contributed by atoms with E-state index in [1.165, 1.54) is 24.7 Å². The predicted molar refractivity (Wildman–Crippen MR) is 125 cm³/mol. The Kier molecular flexibility index (Phi) is 7.99. The molecule has 1 aromatic carbocycles. The lowest BCUT2D eigenvalue weighted by Crippen LogP contribution is -2.39. The third-order valence-corrected chi connectivity index (χ3v) is 6.27. The van der Waals surface area contributed by atoms with E-state index < -0.39 is 41.0 Å². The molecule has 36 heavy (non-hydrogen) atoms. The van der Waals surface area contributed by atoms with Crippen LogP contribution in [0.4, 0.5) is 18.9 Å². The molecule has 0 radical (unpaired) electrons. The van der Waals surface area contributed by atoms with Crippen LogP contribution in [0.15, 0.2) is 24.5 Å². The number of nitrogens with one attached hydrogen (secondary N) is 2. The van der Waals surface area contributed by atoms with Gasteiger partial charge in [-0.3, -0.25) is 14.4 Å². The van der Waals surface area contributed by atoms with Gasteiger partial charge in [0.05, 0.1) is 28.2 Å². The number of primary amides is 1. The van der Waals surface area contributed by atoms with Crippen LogP contribution in [-0.2, 0) is 11.0 Å². The number of halogens is 4. The Morgan fingerprint density at radius 1 is 1.19 bits per heavy atom. The zero-order chi connectivity index (χ0) is 26.8. The Balaban J connectivity index is 1.68. The van der Waals surface area contributed by atoms with E-state index in [2.05, 4.69) is 15.6 Å². The number of nitrogens with two attached hydrogens (primary N) is 1. The van der Waals surface area contributed by atoms with E-state index >= 15 is 0 Å². The molecule has 1 fully saturated rings. The molecule has 13 heteroatoms. The minimum Gasteiger partial charge on any atom is -0.389 e. The molecule has 0 unspecified atom stereocenters. The lowest BCUT2D eigenvalue weighted by molar-refractivity contribution is -0.137. The summed E-state index contributed by atoms with van der Waals surface area (Å²) < 4.78 is 40.5. The van der Waals surface area contributed by atoms with E-state index in [4.69, 9.17) is 17.3 Å². The molecule has 196 valence electrons. The fourth-order valence-corrected chi connectivity index (χ4v) is 4.24. The van der Waals surface area contributed by atoms with Crippen LogP contribution in [0, 0.1) is 5.92 Å². The first kappa shape index (κ1) is 27.5. The van der Waals surface area contributed by atoms with Crippen molar-refractivity contribution in [3.63, 3.8) is 0 Å². The summed E-state index contributed by atoms with van der Waals surface area (Å²) in [5.74, 6) is -2.44. The summed E-state index contributed by atoms with van der Waals surface area (Å²) in [4.78, 5) is 41.4. The average molecular weight is 530 g/mol. The maximum absolute atomic E-state index is 13.0. The van der Waals surface area contributed by atoms with Gasteiger partial charge in [0.2, 0.25) is 5.91 Å². The van der Waals surface area contributed by atoms with Gasteiger partial charge in [-0.1, -0.05) is 11.6 Å². The Labute approximate surface area is 210 Å². The highest BCUT2D eigenvalue weighted by atomic mass is 35.5. The molecule has 1 aromatic heterocycles. The summed E-state index contributed by atoms with van der Waals surface area (Å²) in [5, 5.41) is 14.8. The quantitative estimate of drug-likeness (QED) is 0.434. The average Bonchev–Trinajstić information content (AvgIpc) is 3.23. The molecule has 1 aliphatic rings. The van der Waals surface area contributed by atoms with Gasteiger partial charge in [0.15, 0.2) is 5.69 Å². The van der Waals surface area contributed by atoms with Gasteiger partial charge in [-0.15, -0.1) is 0 Å². The van der Waals surface area contributed by atoms with Crippen LogP contribution in [0.2, 0.25) is 5.02 Å². The highest BCUT2D eigenvalue weighted by Crippen LogP contribution is 2.36. The van der Waals surface area contributed by atoms with Crippen molar-refractivity contribution in [3.8, 4) is 0 Å². The number of nitrogens with zero attached hydrogens (tertiary/aromatic N) is 2. The summed E-state index contributed by atoms with van der Waals surface area (Å²) in [7, 11) is 0. The van der Waals surface area contributed by atoms with E-state index in [0.29, 0.717) is 25.7 Å². The molecular weight excluding hydrogens is 503 g/mol. The monoisotopic (exact) mass is 529 g/mol. The van der Waals surface area contributed by atoms with Crippen molar-refractivity contribution in [2.75, 3.05) is 11.9 Å². The van der Waals surface area contributed by atoms with E-state index in [0.717, 1.165) is 18.2 Å². The van der Waals surface area contributed by atoms with Crippen molar-refractivity contribution in [3.05, 3.63) is 46.5 Å². The van der Waals surface area contributed by atoms with Crippen molar-refractivity contribution >= 4 is 35.0 Å². The molecule has 0 spiro atoms. The Bertz CT molecular complexity index is 1150. The number of anilines is 1. The molecule has 3 rings (SSSR count). The van der Waals surface area contributed by atoms with Crippen LogP contribution in [0.5, 0.6) is 0 Å². The molecular formula is C23H27ClF3N5O4. The zero-order valence-corrected chi connectivity index (χ0v) is 20.4. The fraction of sp³-hybridized carbons (Fsp3) is 0.478. The minimum atomic E-state index is -4.57. The maximum Gasteiger partial charge on any atom is 0.416 e. The topological polar surface area (TPSA) is 139 Å². The number of imidazole rings is 1. The van der Waals surface area contributed by atoms with Crippen LogP contribution in [0.25, 0.3) is 0 Å². The standard InChI is InChI=1S/C23H27ClF3N5O4/c1-22(2,36)10-29-21(35)17-18(19(28)33)32(11-30-17)14-6-3-12(4-7-14)20(34)31-16-9-13(23(25,26)27)5-8-15(16)24/h5,8-9,11-12,14,36H,3-4,6-7,10H2,1-2H3,(H2,28,33)(H,29,35)(H,31,34)/t12-,14-. The van der Waals surface area contributed by atoms with Gasteiger partial charge in [0.1, 0.15) is 5.69 Å². The highest BCUT2D eigenvalue weighted by Gasteiger charge is 2.33. The van der Waals surface area contributed by atoms with Gasteiger partial charge in [-0.2, -0.15) is 13.2 Å². The maximum atomic E-state index is 13.0. The van der Waals surface area contributed by atoms with Crippen molar-refractivity contribution in [1.82, 2.24) is 14.9 Å². The zero-order valence-electron chi connectivity index (χ0n) is 19.7. The molecule has 9 nitrogen and oxygen atoms in total. The Morgan fingerprint density at radius 2 is 1.83 bits per heavy atom. The van der Waals surface area contributed by atoms with Gasteiger partial charge in [-0.05, 0) is 57.7 Å². The molecule has 2 aromatic rings. The number of alkyl halides is 3. The van der Waals surface area contributed by atoms with Gasteiger partial charge >= 0.3 is 6.18 Å². The summed E-state index contributed by atoms with van der Waals surface area (Å²) in [6.45, 7) is 2.96. The minimum absolute atomic E-state index is 0.00931. The first-order chi connectivity index (χ1) is 16.7. The molecule has 1 saturated carbocycles. The lowest BCUT2D eigenvalue weighted by atomic mass is 9.85. The molecule has 3 amide bonds.